The Morgan fingerprint density at radius 2 is 2.09 bits per heavy atom. The topological polar surface area (TPSA) is 77.8 Å². The predicted molar refractivity (Wildman–Crippen MR) is 85.0 cm³/mol. The van der Waals surface area contributed by atoms with E-state index in [4.69, 9.17) is 8.94 Å². The minimum atomic E-state index is 0.262. The van der Waals surface area contributed by atoms with Gasteiger partial charge in [0.1, 0.15) is 0 Å². The average Bonchev–Trinajstić information content (AvgIpc) is 3.31. The lowest BCUT2D eigenvalue weighted by atomic mass is 10.0. The highest BCUT2D eigenvalue weighted by Gasteiger charge is 2.24. The van der Waals surface area contributed by atoms with Crippen LogP contribution in [0.3, 0.4) is 0 Å². The van der Waals surface area contributed by atoms with Crippen molar-refractivity contribution in [2.24, 2.45) is 0 Å². The highest BCUT2D eigenvalue weighted by atomic mass is 16.5. The van der Waals surface area contributed by atoms with Crippen LogP contribution >= 0.6 is 0 Å². The first kappa shape index (κ1) is 14.4. The highest BCUT2D eigenvalue weighted by Crippen LogP contribution is 2.37. The van der Waals surface area contributed by atoms with Gasteiger partial charge in [0.15, 0.2) is 0 Å². The van der Waals surface area contributed by atoms with Crippen molar-refractivity contribution < 1.29 is 8.94 Å². The van der Waals surface area contributed by atoms with E-state index < -0.39 is 0 Å². The van der Waals surface area contributed by atoms with Crippen molar-refractivity contribution in [2.45, 2.75) is 57.8 Å². The van der Waals surface area contributed by atoms with Crippen LogP contribution in [0, 0.1) is 0 Å². The number of nitrogens with zero attached hydrogens (tertiary/aromatic N) is 4. The number of pyridine rings is 1. The average molecular weight is 312 g/mol. The molecule has 120 valence electrons. The Kier molecular flexibility index (Phi) is 3.59. The highest BCUT2D eigenvalue weighted by molar-refractivity contribution is 5.80. The second-order valence-corrected chi connectivity index (χ2v) is 6.38. The molecule has 3 heterocycles. The van der Waals surface area contributed by atoms with Crippen LogP contribution in [-0.2, 0) is 0 Å². The first-order valence-corrected chi connectivity index (χ1v) is 8.35. The van der Waals surface area contributed by atoms with Gasteiger partial charge in [-0.25, -0.2) is 4.98 Å². The van der Waals surface area contributed by atoms with E-state index >= 15 is 0 Å². The van der Waals surface area contributed by atoms with Crippen molar-refractivity contribution in [1.82, 2.24) is 20.3 Å². The third kappa shape index (κ3) is 2.52. The quantitative estimate of drug-likeness (QED) is 0.708. The number of aromatic nitrogens is 4. The van der Waals surface area contributed by atoms with E-state index in [2.05, 4.69) is 34.2 Å². The Bertz CT molecular complexity index is 817. The SMILES string of the molecule is CC[C@H](C)c1nnc(-c2cnc3onc(C4CCCC4)c3c2)o1. The molecule has 0 bridgehead atoms. The van der Waals surface area contributed by atoms with Gasteiger partial charge in [-0.2, -0.15) is 0 Å². The fourth-order valence-corrected chi connectivity index (χ4v) is 3.19. The molecule has 3 aromatic rings. The lowest BCUT2D eigenvalue weighted by Gasteiger charge is -2.04. The van der Waals surface area contributed by atoms with Gasteiger partial charge >= 0.3 is 0 Å². The first-order valence-electron chi connectivity index (χ1n) is 8.35. The summed E-state index contributed by atoms with van der Waals surface area (Å²) in [5.41, 5.74) is 2.42. The molecular weight excluding hydrogens is 292 g/mol. The summed E-state index contributed by atoms with van der Waals surface area (Å²) in [6.45, 7) is 4.18. The fourth-order valence-electron chi connectivity index (χ4n) is 3.19. The van der Waals surface area contributed by atoms with E-state index in [9.17, 15) is 0 Å². The van der Waals surface area contributed by atoms with Gasteiger partial charge in [0, 0.05) is 18.0 Å². The van der Waals surface area contributed by atoms with Gasteiger partial charge in [-0.1, -0.05) is 31.8 Å². The molecule has 0 unspecified atom stereocenters. The molecule has 4 rings (SSSR count). The molecule has 1 aliphatic rings. The zero-order valence-electron chi connectivity index (χ0n) is 13.5. The van der Waals surface area contributed by atoms with E-state index in [0.29, 0.717) is 23.4 Å². The van der Waals surface area contributed by atoms with Crippen molar-refractivity contribution in [1.29, 1.82) is 0 Å². The van der Waals surface area contributed by atoms with Gasteiger partial charge in [-0.15, -0.1) is 10.2 Å². The first-order chi connectivity index (χ1) is 11.3. The summed E-state index contributed by atoms with van der Waals surface area (Å²) in [6, 6.07) is 2.01. The maximum atomic E-state index is 5.80. The Balaban J connectivity index is 1.73. The van der Waals surface area contributed by atoms with E-state index in [1.807, 2.05) is 6.07 Å². The zero-order chi connectivity index (χ0) is 15.8. The molecule has 0 N–H and O–H groups in total. The van der Waals surface area contributed by atoms with Gasteiger partial charge in [0.2, 0.25) is 11.8 Å². The van der Waals surface area contributed by atoms with Crippen molar-refractivity contribution in [3.05, 3.63) is 23.8 Å². The molecule has 1 atom stereocenters. The van der Waals surface area contributed by atoms with Crippen LogP contribution in [0.1, 0.15) is 69.4 Å². The second-order valence-electron chi connectivity index (χ2n) is 6.38. The minimum absolute atomic E-state index is 0.262. The normalized spacial score (nSPS) is 17.1. The summed E-state index contributed by atoms with van der Waals surface area (Å²) >= 11 is 0. The van der Waals surface area contributed by atoms with Crippen LogP contribution in [-0.4, -0.2) is 20.3 Å². The molecule has 0 aliphatic heterocycles. The maximum absolute atomic E-state index is 5.80. The predicted octanol–water partition coefficient (Wildman–Crippen LogP) is 4.44. The summed E-state index contributed by atoms with van der Waals surface area (Å²) in [5, 5.41) is 13.5. The molecule has 0 spiro atoms. The standard InChI is InChI=1S/C17H20N4O2/c1-3-10(2)15-19-20-16(22-15)12-8-13-14(11-6-4-5-7-11)21-23-17(13)18-9-12/h8-11H,3-7H2,1-2H3/t10-/m0/s1. The minimum Gasteiger partial charge on any atom is -0.420 e. The molecular formula is C17H20N4O2. The summed E-state index contributed by atoms with van der Waals surface area (Å²) in [5.74, 6) is 1.92. The monoisotopic (exact) mass is 312 g/mol. The summed E-state index contributed by atoms with van der Waals surface area (Å²) < 4.78 is 11.2. The molecule has 6 nitrogen and oxygen atoms in total. The molecule has 0 saturated heterocycles. The lowest BCUT2D eigenvalue weighted by molar-refractivity contribution is 0.430. The van der Waals surface area contributed by atoms with E-state index in [1.165, 1.54) is 25.7 Å². The van der Waals surface area contributed by atoms with Gasteiger partial charge < -0.3 is 8.94 Å². The number of fused-ring (bicyclic) bond motifs is 1. The molecule has 1 aliphatic carbocycles. The van der Waals surface area contributed by atoms with E-state index in [1.54, 1.807) is 6.20 Å². The Hall–Kier alpha value is -2.24. The maximum Gasteiger partial charge on any atom is 0.257 e. The van der Waals surface area contributed by atoms with Gasteiger partial charge in [0.05, 0.1) is 16.6 Å². The van der Waals surface area contributed by atoms with Gasteiger partial charge in [0.25, 0.3) is 5.71 Å². The smallest absolute Gasteiger partial charge is 0.257 e. The van der Waals surface area contributed by atoms with E-state index in [-0.39, 0.29) is 5.92 Å². The van der Waals surface area contributed by atoms with Crippen molar-refractivity contribution in [3.8, 4) is 11.5 Å². The molecule has 0 amide bonds. The lowest BCUT2D eigenvalue weighted by Crippen LogP contribution is -1.93. The zero-order valence-corrected chi connectivity index (χ0v) is 13.5. The Morgan fingerprint density at radius 3 is 2.87 bits per heavy atom. The molecule has 0 radical (unpaired) electrons. The molecule has 1 saturated carbocycles. The van der Waals surface area contributed by atoms with Crippen molar-refractivity contribution >= 4 is 11.1 Å². The van der Waals surface area contributed by atoms with Crippen LogP contribution in [0.5, 0.6) is 0 Å². The third-order valence-electron chi connectivity index (χ3n) is 4.82. The van der Waals surface area contributed by atoms with Crippen LogP contribution < -0.4 is 0 Å². The molecule has 0 aromatic carbocycles. The third-order valence-corrected chi connectivity index (χ3v) is 4.82. The number of rotatable bonds is 4. The fraction of sp³-hybridized carbons (Fsp3) is 0.529. The Labute approximate surface area is 134 Å². The van der Waals surface area contributed by atoms with Crippen LogP contribution in [0.2, 0.25) is 0 Å². The van der Waals surface area contributed by atoms with Crippen LogP contribution in [0.15, 0.2) is 21.2 Å². The van der Waals surface area contributed by atoms with Crippen molar-refractivity contribution in [2.75, 3.05) is 0 Å². The Morgan fingerprint density at radius 1 is 1.26 bits per heavy atom. The van der Waals surface area contributed by atoms with Crippen molar-refractivity contribution in [3.63, 3.8) is 0 Å². The van der Waals surface area contributed by atoms with Gasteiger partial charge in [-0.05, 0) is 25.3 Å². The molecule has 3 aromatic heterocycles. The largest absolute Gasteiger partial charge is 0.420 e. The molecule has 23 heavy (non-hydrogen) atoms. The summed E-state index contributed by atoms with van der Waals surface area (Å²) in [7, 11) is 0. The number of hydrogen-bond donors (Lipinski definition) is 0. The van der Waals surface area contributed by atoms with Crippen LogP contribution in [0.25, 0.3) is 22.6 Å². The van der Waals surface area contributed by atoms with Crippen LogP contribution in [0.4, 0.5) is 0 Å². The second kappa shape index (κ2) is 5.76. The molecule has 6 heteroatoms. The van der Waals surface area contributed by atoms with E-state index in [0.717, 1.165) is 23.1 Å². The van der Waals surface area contributed by atoms with Gasteiger partial charge in [-0.3, -0.25) is 0 Å². The number of hydrogen-bond acceptors (Lipinski definition) is 6. The summed E-state index contributed by atoms with van der Waals surface area (Å²) in [6.07, 6.45) is 7.54. The summed E-state index contributed by atoms with van der Waals surface area (Å²) in [4.78, 5) is 4.37. The molecule has 1 fully saturated rings.